The van der Waals surface area contributed by atoms with Gasteiger partial charge in [0, 0.05) is 30.4 Å². The molecule has 3 aliphatic rings. The molecular weight excluding hydrogens is 376 g/mol. The van der Waals surface area contributed by atoms with Crippen molar-refractivity contribution in [2.45, 2.75) is 57.1 Å². The van der Waals surface area contributed by atoms with Gasteiger partial charge in [-0.3, -0.25) is 0 Å². The van der Waals surface area contributed by atoms with Crippen LogP contribution in [0.15, 0.2) is 18.5 Å². The van der Waals surface area contributed by atoms with Crippen LogP contribution in [0.4, 0.5) is 23.4 Å². The second-order valence-corrected chi connectivity index (χ2v) is 8.33. The van der Waals surface area contributed by atoms with Crippen molar-refractivity contribution in [1.82, 2.24) is 14.5 Å². The predicted octanol–water partition coefficient (Wildman–Crippen LogP) is 4.30. The van der Waals surface area contributed by atoms with Gasteiger partial charge in [0.05, 0.1) is 11.3 Å². The molecule has 0 aliphatic heterocycles. The van der Waals surface area contributed by atoms with Gasteiger partial charge in [-0.15, -0.1) is 0 Å². The van der Waals surface area contributed by atoms with Gasteiger partial charge >= 0.3 is 6.18 Å². The molecule has 2 atom stereocenters. The molecule has 3 aliphatic carbocycles. The first-order valence-corrected chi connectivity index (χ1v) is 9.27. The number of nitrogens with two attached hydrogens (primary N) is 1. The highest BCUT2D eigenvalue weighted by Gasteiger charge is 2.58. The maximum absolute atomic E-state index is 14.4. The van der Waals surface area contributed by atoms with E-state index < -0.39 is 29.3 Å². The van der Waals surface area contributed by atoms with Crippen molar-refractivity contribution in [3.63, 3.8) is 0 Å². The Morgan fingerprint density at radius 3 is 2.50 bits per heavy atom. The first-order chi connectivity index (χ1) is 13.0. The molecule has 2 bridgehead atoms. The van der Waals surface area contributed by atoms with Crippen LogP contribution in [0.1, 0.15) is 56.6 Å². The second-order valence-electron chi connectivity index (χ2n) is 8.33. The van der Waals surface area contributed by atoms with E-state index in [0.29, 0.717) is 25.1 Å². The largest absolute Gasteiger partial charge is 0.419 e. The zero-order valence-electron chi connectivity index (χ0n) is 15.5. The van der Waals surface area contributed by atoms with Crippen molar-refractivity contribution >= 4 is 5.82 Å². The highest BCUT2D eigenvalue weighted by Crippen LogP contribution is 2.60. The van der Waals surface area contributed by atoms with E-state index in [0.717, 1.165) is 6.07 Å². The predicted molar refractivity (Wildman–Crippen MR) is 94.9 cm³/mol. The number of fused-ring (bicyclic) bond motifs is 1. The van der Waals surface area contributed by atoms with Crippen molar-refractivity contribution in [2.75, 3.05) is 5.73 Å². The van der Waals surface area contributed by atoms with E-state index in [4.69, 9.17) is 5.73 Å². The molecule has 5 rings (SSSR count). The Labute approximate surface area is 159 Å². The smallest absolute Gasteiger partial charge is 0.385 e. The lowest BCUT2D eigenvalue weighted by Gasteiger charge is -2.30. The Hall–Kier alpha value is -2.16. The molecule has 3 saturated carbocycles. The summed E-state index contributed by atoms with van der Waals surface area (Å²) in [5, 5.41) is 10.6. The number of aliphatic hydroxyl groups is 1. The molecule has 2 heterocycles. The summed E-state index contributed by atoms with van der Waals surface area (Å²) in [4.78, 5) is 8.08. The van der Waals surface area contributed by atoms with Crippen LogP contribution < -0.4 is 5.73 Å². The van der Waals surface area contributed by atoms with Gasteiger partial charge in [0.15, 0.2) is 0 Å². The van der Waals surface area contributed by atoms with Crippen LogP contribution in [0, 0.1) is 11.8 Å². The molecule has 3 N–H and O–H groups in total. The second kappa shape index (κ2) is 6.17. The molecular formula is C19H22F4N4O. The van der Waals surface area contributed by atoms with E-state index in [2.05, 4.69) is 9.97 Å². The number of aromatic nitrogens is 3. The molecule has 0 saturated heterocycles. The molecule has 0 radical (unpaired) electrons. The van der Waals surface area contributed by atoms with E-state index in [1.165, 1.54) is 6.20 Å². The standard InChI is InChI=1S/C19H22F4N4O/c1-9(2)15(28)17-26-13(8-27(17)14-6-18(20)4-11(14)5-18)10-3-12(19(21,22)23)16(24)25-7-10/h3,7-9,11,14-15,28H,4-6H2,1-2H3,(H2,24,25)/t11?,14?,15-,18?/m0/s1. The SMILES string of the molecule is CC(C)[C@H](O)c1nc(-c2cnc(N)c(C(F)(F)F)c2)cn1C1CC2(F)CC1C2. The monoisotopic (exact) mass is 398 g/mol. The number of rotatable bonds is 4. The van der Waals surface area contributed by atoms with E-state index in [1.54, 1.807) is 10.8 Å². The Morgan fingerprint density at radius 2 is 1.96 bits per heavy atom. The number of anilines is 1. The highest BCUT2D eigenvalue weighted by atomic mass is 19.4. The number of halogens is 4. The van der Waals surface area contributed by atoms with Gasteiger partial charge in [0.25, 0.3) is 0 Å². The summed E-state index contributed by atoms with van der Waals surface area (Å²) in [6, 6.07) is 0.754. The van der Waals surface area contributed by atoms with Crippen molar-refractivity contribution in [2.24, 2.45) is 11.8 Å². The average molecular weight is 398 g/mol. The summed E-state index contributed by atoms with van der Waals surface area (Å²) in [6.07, 6.45) is -1.43. The fraction of sp³-hybridized carbons (Fsp3) is 0.579. The third-order valence-corrected chi connectivity index (χ3v) is 5.91. The number of aliphatic hydroxyl groups excluding tert-OH is 1. The summed E-state index contributed by atoms with van der Waals surface area (Å²) >= 11 is 0. The topological polar surface area (TPSA) is 77.0 Å². The van der Waals surface area contributed by atoms with Crippen molar-refractivity contribution < 1.29 is 22.7 Å². The molecule has 0 aromatic carbocycles. The summed E-state index contributed by atoms with van der Waals surface area (Å²) < 4.78 is 55.7. The summed E-state index contributed by atoms with van der Waals surface area (Å²) in [5.41, 5.74) is 3.58. The minimum Gasteiger partial charge on any atom is -0.385 e. The number of hydrogen-bond acceptors (Lipinski definition) is 4. The molecule has 0 spiro atoms. The lowest BCUT2D eigenvalue weighted by molar-refractivity contribution is -0.137. The molecule has 1 unspecified atom stereocenters. The Kier molecular flexibility index (Phi) is 4.22. The first-order valence-electron chi connectivity index (χ1n) is 9.27. The normalized spacial score (nSPS) is 27.9. The average Bonchev–Trinajstić information content (AvgIpc) is 3.23. The highest BCUT2D eigenvalue weighted by molar-refractivity contribution is 5.62. The quantitative estimate of drug-likeness (QED) is 0.753. The summed E-state index contributed by atoms with van der Waals surface area (Å²) in [6.45, 7) is 3.64. The molecule has 9 heteroatoms. The molecule has 5 nitrogen and oxygen atoms in total. The van der Waals surface area contributed by atoms with Gasteiger partial charge < -0.3 is 15.4 Å². The number of hydrogen-bond donors (Lipinski definition) is 2. The number of nitrogens with zero attached hydrogens (tertiary/aromatic N) is 3. The lowest BCUT2D eigenvalue weighted by Crippen LogP contribution is -2.30. The van der Waals surface area contributed by atoms with Gasteiger partial charge in [-0.1, -0.05) is 13.8 Å². The maximum Gasteiger partial charge on any atom is 0.419 e. The minimum absolute atomic E-state index is 0.151. The van der Waals surface area contributed by atoms with Gasteiger partial charge in [-0.2, -0.15) is 13.2 Å². The lowest BCUT2D eigenvalue weighted by atomic mass is 9.81. The van der Waals surface area contributed by atoms with Crippen LogP contribution >= 0.6 is 0 Å². The van der Waals surface area contributed by atoms with Crippen LogP contribution in [-0.4, -0.2) is 25.3 Å². The van der Waals surface area contributed by atoms with Gasteiger partial charge in [-0.05, 0) is 30.7 Å². The third kappa shape index (κ3) is 3.05. The van der Waals surface area contributed by atoms with Crippen LogP contribution in [0.5, 0.6) is 0 Å². The molecule has 28 heavy (non-hydrogen) atoms. The van der Waals surface area contributed by atoms with Crippen LogP contribution in [-0.2, 0) is 6.18 Å². The fourth-order valence-corrected chi connectivity index (χ4v) is 4.36. The van der Waals surface area contributed by atoms with Gasteiger partial charge in [0.2, 0.25) is 0 Å². The van der Waals surface area contributed by atoms with E-state index in [1.807, 2.05) is 13.8 Å². The van der Waals surface area contributed by atoms with Gasteiger partial charge in [0.1, 0.15) is 23.4 Å². The van der Waals surface area contributed by atoms with Crippen molar-refractivity contribution in [1.29, 1.82) is 0 Å². The van der Waals surface area contributed by atoms with Gasteiger partial charge in [-0.25, -0.2) is 14.4 Å². The van der Waals surface area contributed by atoms with E-state index >= 15 is 0 Å². The Bertz CT molecular complexity index is 902. The minimum atomic E-state index is -4.64. The summed E-state index contributed by atoms with van der Waals surface area (Å²) in [7, 11) is 0. The maximum atomic E-state index is 14.4. The van der Waals surface area contributed by atoms with Crippen molar-refractivity contribution in [3.05, 3.63) is 29.8 Å². The molecule has 3 fully saturated rings. The number of pyridine rings is 1. The Balaban J connectivity index is 1.78. The first kappa shape index (κ1) is 19.2. The number of imidazole rings is 1. The zero-order valence-corrected chi connectivity index (χ0v) is 15.5. The summed E-state index contributed by atoms with van der Waals surface area (Å²) in [5.74, 6) is -0.258. The number of alkyl halides is 4. The molecule has 2 aromatic heterocycles. The van der Waals surface area contributed by atoms with Crippen molar-refractivity contribution in [3.8, 4) is 11.3 Å². The zero-order chi connectivity index (χ0) is 20.4. The Morgan fingerprint density at radius 1 is 1.29 bits per heavy atom. The fourth-order valence-electron chi connectivity index (χ4n) is 4.36. The molecule has 152 valence electrons. The number of nitrogen functional groups attached to an aromatic ring is 1. The van der Waals surface area contributed by atoms with Crippen LogP contribution in [0.3, 0.4) is 0 Å². The van der Waals surface area contributed by atoms with E-state index in [-0.39, 0.29) is 29.1 Å². The van der Waals surface area contributed by atoms with E-state index in [9.17, 15) is 22.7 Å². The molecule has 2 aromatic rings. The third-order valence-electron chi connectivity index (χ3n) is 5.91. The molecule has 0 amide bonds. The van der Waals surface area contributed by atoms with Crippen LogP contribution in [0.2, 0.25) is 0 Å². The van der Waals surface area contributed by atoms with Crippen LogP contribution in [0.25, 0.3) is 11.3 Å².